The lowest BCUT2D eigenvalue weighted by atomic mass is 9.95. The van der Waals surface area contributed by atoms with Gasteiger partial charge in [0.1, 0.15) is 5.75 Å². The van der Waals surface area contributed by atoms with E-state index in [2.05, 4.69) is 17.6 Å². The Bertz CT molecular complexity index is 807. The van der Waals surface area contributed by atoms with Crippen LogP contribution in [0.2, 0.25) is 5.02 Å². The van der Waals surface area contributed by atoms with E-state index in [4.69, 9.17) is 21.1 Å². The van der Waals surface area contributed by atoms with Crippen molar-refractivity contribution in [3.8, 4) is 5.75 Å². The standard InChI is InChI=1S/C25H37ClN2O4/c1-5-6-7-8-9-10-11-14-31-21-13-12-19(15-20(21)26)23-22(18(4)27-25(30)28-23)24(29)32-16-17(2)3/h12-13,15,17,23H,5-11,14,16H2,1-4H3,(H2,27,28,30). The second kappa shape index (κ2) is 13.4. The van der Waals surface area contributed by atoms with Crippen molar-refractivity contribution in [2.24, 2.45) is 5.92 Å². The van der Waals surface area contributed by atoms with Gasteiger partial charge in [-0.2, -0.15) is 0 Å². The largest absolute Gasteiger partial charge is 0.492 e. The van der Waals surface area contributed by atoms with E-state index >= 15 is 0 Å². The van der Waals surface area contributed by atoms with Crippen LogP contribution in [-0.2, 0) is 9.53 Å². The minimum absolute atomic E-state index is 0.215. The quantitative estimate of drug-likeness (QED) is 0.265. The van der Waals surface area contributed by atoms with E-state index in [1.807, 2.05) is 19.9 Å². The van der Waals surface area contributed by atoms with E-state index in [1.165, 1.54) is 32.1 Å². The fourth-order valence-electron chi connectivity index (χ4n) is 3.59. The molecular formula is C25H37ClN2O4. The predicted octanol–water partition coefficient (Wildman–Crippen LogP) is 6.30. The summed E-state index contributed by atoms with van der Waals surface area (Å²) >= 11 is 6.46. The summed E-state index contributed by atoms with van der Waals surface area (Å²) in [7, 11) is 0. The van der Waals surface area contributed by atoms with Crippen LogP contribution in [0.25, 0.3) is 0 Å². The summed E-state index contributed by atoms with van der Waals surface area (Å²) in [6.07, 6.45) is 8.51. The van der Waals surface area contributed by atoms with Gasteiger partial charge in [-0.15, -0.1) is 0 Å². The van der Waals surface area contributed by atoms with E-state index in [1.54, 1.807) is 19.1 Å². The van der Waals surface area contributed by atoms with Crippen molar-refractivity contribution in [3.63, 3.8) is 0 Å². The molecule has 1 aromatic carbocycles. The molecule has 0 aliphatic carbocycles. The highest BCUT2D eigenvalue weighted by Crippen LogP contribution is 2.33. The number of hydrogen-bond acceptors (Lipinski definition) is 4. The summed E-state index contributed by atoms with van der Waals surface area (Å²) in [4.78, 5) is 24.8. The van der Waals surface area contributed by atoms with Crippen LogP contribution in [-0.4, -0.2) is 25.2 Å². The normalized spacial score (nSPS) is 16.1. The van der Waals surface area contributed by atoms with Crippen LogP contribution < -0.4 is 15.4 Å². The fraction of sp³-hybridized carbons (Fsp3) is 0.600. The molecule has 2 rings (SSSR count). The highest BCUT2D eigenvalue weighted by atomic mass is 35.5. The summed E-state index contributed by atoms with van der Waals surface area (Å²) in [5.41, 5.74) is 1.55. The Kier molecular flexibility index (Phi) is 10.9. The Morgan fingerprint density at radius 1 is 1.12 bits per heavy atom. The number of benzene rings is 1. The number of urea groups is 1. The van der Waals surface area contributed by atoms with Crippen molar-refractivity contribution in [1.29, 1.82) is 0 Å². The lowest BCUT2D eigenvalue weighted by molar-refractivity contribution is -0.140. The van der Waals surface area contributed by atoms with E-state index < -0.39 is 12.0 Å². The maximum absolute atomic E-state index is 12.7. The number of carbonyl (C=O) groups excluding carboxylic acids is 2. The highest BCUT2D eigenvalue weighted by molar-refractivity contribution is 6.32. The van der Waals surface area contributed by atoms with Gasteiger partial charge in [0.25, 0.3) is 0 Å². The first-order valence-electron chi connectivity index (χ1n) is 11.7. The molecule has 0 aromatic heterocycles. The Balaban J connectivity index is 2.00. The zero-order valence-electron chi connectivity index (χ0n) is 19.8. The monoisotopic (exact) mass is 464 g/mol. The summed E-state index contributed by atoms with van der Waals surface area (Å²) in [6.45, 7) is 8.78. The first-order valence-corrected chi connectivity index (χ1v) is 12.1. The summed E-state index contributed by atoms with van der Waals surface area (Å²) in [5.74, 6) is 0.363. The summed E-state index contributed by atoms with van der Waals surface area (Å²) in [5, 5.41) is 5.90. The summed E-state index contributed by atoms with van der Waals surface area (Å²) < 4.78 is 11.3. The zero-order chi connectivity index (χ0) is 23.5. The molecule has 0 fully saturated rings. The molecular weight excluding hydrogens is 428 g/mol. The number of ether oxygens (including phenoxy) is 2. The third-order valence-corrected chi connectivity index (χ3v) is 5.63. The average molecular weight is 465 g/mol. The molecule has 2 N–H and O–H groups in total. The molecule has 0 radical (unpaired) electrons. The van der Waals surface area contributed by atoms with Crippen LogP contribution in [0.1, 0.15) is 84.2 Å². The van der Waals surface area contributed by atoms with E-state index in [0.717, 1.165) is 12.8 Å². The van der Waals surface area contributed by atoms with Crippen LogP contribution in [0.4, 0.5) is 4.79 Å². The third-order valence-electron chi connectivity index (χ3n) is 5.33. The Morgan fingerprint density at radius 2 is 1.81 bits per heavy atom. The van der Waals surface area contributed by atoms with Gasteiger partial charge in [-0.1, -0.05) is 77.0 Å². The van der Waals surface area contributed by atoms with Crippen molar-refractivity contribution in [1.82, 2.24) is 10.6 Å². The predicted molar refractivity (Wildman–Crippen MR) is 128 cm³/mol. The van der Waals surface area contributed by atoms with Gasteiger partial charge < -0.3 is 20.1 Å². The van der Waals surface area contributed by atoms with E-state index in [-0.39, 0.29) is 11.9 Å². The SMILES string of the molecule is CCCCCCCCCOc1ccc(C2NC(=O)NC(C)=C2C(=O)OCC(C)C)cc1Cl. The molecule has 1 atom stereocenters. The molecule has 1 aliphatic rings. The van der Waals surface area contributed by atoms with Gasteiger partial charge in [0, 0.05) is 5.70 Å². The smallest absolute Gasteiger partial charge is 0.338 e. The molecule has 7 heteroatoms. The molecule has 0 bridgehead atoms. The molecule has 0 saturated carbocycles. The highest BCUT2D eigenvalue weighted by Gasteiger charge is 2.32. The molecule has 178 valence electrons. The zero-order valence-corrected chi connectivity index (χ0v) is 20.5. The van der Waals surface area contributed by atoms with Crippen LogP contribution in [0.5, 0.6) is 5.75 Å². The minimum Gasteiger partial charge on any atom is -0.492 e. The third kappa shape index (κ3) is 8.05. The molecule has 1 aliphatic heterocycles. The Morgan fingerprint density at radius 3 is 2.47 bits per heavy atom. The molecule has 0 spiro atoms. The van der Waals surface area contributed by atoms with E-state index in [9.17, 15) is 9.59 Å². The van der Waals surface area contributed by atoms with Crippen molar-refractivity contribution < 1.29 is 19.1 Å². The molecule has 2 amide bonds. The Hall–Kier alpha value is -2.21. The van der Waals surface area contributed by atoms with Crippen molar-refractivity contribution in [2.45, 2.75) is 78.7 Å². The number of rotatable bonds is 13. The number of hydrogen-bond donors (Lipinski definition) is 2. The molecule has 6 nitrogen and oxygen atoms in total. The number of halogens is 1. The minimum atomic E-state index is -0.641. The number of carbonyl (C=O) groups is 2. The summed E-state index contributed by atoms with van der Waals surface area (Å²) in [6, 6.07) is 4.34. The maximum atomic E-state index is 12.7. The molecule has 1 aromatic rings. The number of unbranched alkanes of at least 4 members (excludes halogenated alkanes) is 6. The van der Waals surface area contributed by atoms with Crippen LogP contribution in [0, 0.1) is 5.92 Å². The van der Waals surface area contributed by atoms with Crippen LogP contribution >= 0.6 is 11.6 Å². The fourth-order valence-corrected chi connectivity index (χ4v) is 3.83. The van der Waals surface area contributed by atoms with Crippen molar-refractivity contribution in [3.05, 3.63) is 40.1 Å². The molecule has 32 heavy (non-hydrogen) atoms. The topological polar surface area (TPSA) is 76.7 Å². The molecule has 1 unspecified atom stereocenters. The van der Waals surface area contributed by atoms with Gasteiger partial charge in [0.2, 0.25) is 0 Å². The van der Waals surface area contributed by atoms with Gasteiger partial charge in [-0.05, 0) is 37.0 Å². The second-order valence-corrected chi connectivity index (χ2v) is 9.13. The lowest BCUT2D eigenvalue weighted by Gasteiger charge is -2.28. The van der Waals surface area contributed by atoms with Gasteiger partial charge in [0.05, 0.1) is 29.9 Å². The molecule has 0 saturated heterocycles. The van der Waals surface area contributed by atoms with Crippen LogP contribution in [0.15, 0.2) is 29.5 Å². The number of amides is 2. The Labute approximate surface area is 197 Å². The van der Waals surface area contributed by atoms with E-state index in [0.29, 0.717) is 40.8 Å². The number of allylic oxidation sites excluding steroid dienone is 1. The van der Waals surface area contributed by atoms with Gasteiger partial charge in [-0.25, -0.2) is 9.59 Å². The van der Waals surface area contributed by atoms with Gasteiger partial charge in [-0.3, -0.25) is 0 Å². The van der Waals surface area contributed by atoms with Crippen LogP contribution in [0.3, 0.4) is 0 Å². The molecule has 1 heterocycles. The number of nitrogens with one attached hydrogen (secondary N) is 2. The first kappa shape index (κ1) is 26.0. The van der Waals surface area contributed by atoms with Crippen molar-refractivity contribution in [2.75, 3.05) is 13.2 Å². The maximum Gasteiger partial charge on any atom is 0.338 e. The lowest BCUT2D eigenvalue weighted by Crippen LogP contribution is -2.45. The number of esters is 1. The average Bonchev–Trinajstić information content (AvgIpc) is 2.74. The first-order chi connectivity index (χ1) is 15.3. The second-order valence-electron chi connectivity index (χ2n) is 8.72. The van der Waals surface area contributed by atoms with Crippen molar-refractivity contribution >= 4 is 23.6 Å². The van der Waals surface area contributed by atoms with Gasteiger partial charge in [0.15, 0.2) is 0 Å². The van der Waals surface area contributed by atoms with Gasteiger partial charge >= 0.3 is 12.0 Å².